The van der Waals surface area contributed by atoms with Gasteiger partial charge in [0.25, 0.3) is 0 Å². The third-order valence-corrected chi connectivity index (χ3v) is 4.40. The summed E-state index contributed by atoms with van der Waals surface area (Å²) in [6.07, 6.45) is -2.05. The smallest absolute Gasteiger partial charge is 0.416 e. The average Bonchev–Trinajstić information content (AvgIpc) is 2.97. The van der Waals surface area contributed by atoms with Crippen molar-refractivity contribution in [3.63, 3.8) is 0 Å². The van der Waals surface area contributed by atoms with Crippen LogP contribution in [-0.4, -0.2) is 35.7 Å². The maximum atomic E-state index is 12.5. The monoisotopic (exact) mass is 319 g/mol. The van der Waals surface area contributed by atoms with Crippen molar-refractivity contribution < 1.29 is 17.9 Å². The second-order valence-electron chi connectivity index (χ2n) is 5.00. The van der Waals surface area contributed by atoms with Crippen LogP contribution >= 0.6 is 11.8 Å². The fourth-order valence-corrected chi connectivity index (χ4v) is 3.06. The maximum Gasteiger partial charge on any atom is 0.416 e. The zero-order valence-electron chi connectivity index (χ0n) is 12.0. The van der Waals surface area contributed by atoms with Crippen molar-refractivity contribution in [2.45, 2.75) is 32.2 Å². The number of rotatable bonds is 6. The van der Waals surface area contributed by atoms with Gasteiger partial charge in [0.05, 0.1) is 5.56 Å². The Morgan fingerprint density at radius 3 is 2.33 bits per heavy atom. The van der Waals surface area contributed by atoms with Gasteiger partial charge in [-0.3, -0.25) is 4.90 Å². The summed E-state index contributed by atoms with van der Waals surface area (Å²) in [5.41, 5.74) is -0.643. The summed E-state index contributed by atoms with van der Waals surface area (Å²) in [7, 11) is 0. The number of nitrogens with zero attached hydrogens (tertiary/aromatic N) is 1. The number of benzene rings is 1. The number of hydrogen-bond acceptors (Lipinski definition) is 3. The van der Waals surface area contributed by atoms with Crippen LogP contribution in [-0.2, 0) is 6.18 Å². The Kier molecular flexibility index (Phi) is 5.81. The van der Waals surface area contributed by atoms with Crippen molar-refractivity contribution in [3.05, 3.63) is 29.8 Å². The minimum Gasteiger partial charge on any atom is -0.474 e. The quantitative estimate of drug-likeness (QED) is 0.777. The van der Waals surface area contributed by atoms with Crippen LogP contribution in [0.1, 0.15) is 25.3 Å². The molecule has 0 N–H and O–H groups in total. The summed E-state index contributed by atoms with van der Waals surface area (Å²) in [5.74, 6) is 2.33. The summed E-state index contributed by atoms with van der Waals surface area (Å²) in [5, 5.41) is 0. The van der Waals surface area contributed by atoms with E-state index in [0.717, 1.165) is 49.6 Å². The van der Waals surface area contributed by atoms with Gasteiger partial charge in [0.15, 0.2) is 6.23 Å². The molecule has 21 heavy (non-hydrogen) atoms. The highest BCUT2D eigenvalue weighted by Gasteiger charge is 2.30. The van der Waals surface area contributed by atoms with Crippen LogP contribution in [0.5, 0.6) is 5.75 Å². The first-order valence-corrected chi connectivity index (χ1v) is 8.32. The molecule has 1 aliphatic heterocycles. The van der Waals surface area contributed by atoms with Gasteiger partial charge in [0.1, 0.15) is 5.75 Å². The molecule has 0 saturated carbocycles. The number of likely N-dealkylation sites (tertiary alicyclic amines) is 1. The molecule has 2 rings (SSSR count). The summed E-state index contributed by atoms with van der Waals surface area (Å²) in [6.45, 7) is 4.08. The van der Waals surface area contributed by atoms with Crippen LogP contribution in [0.3, 0.4) is 0 Å². The lowest BCUT2D eigenvalue weighted by molar-refractivity contribution is -0.137. The van der Waals surface area contributed by atoms with E-state index in [-0.39, 0.29) is 6.23 Å². The summed E-state index contributed by atoms with van der Waals surface area (Å²) >= 11 is 1.78. The van der Waals surface area contributed by atoms with Gasteiger partial charge in [-0.15, -0.1) is 0 Å². The molecule has 0 aliphatic carbocycles. The van der Waals surface area contributed by atoms with E-state index in [0.29, 0.717) is 5.75 Å². The molecule has 1 atom stereocenters. The second kappa shape index (κ2) is 7.40. The lowest BCUT2D eigenvalue weighted by Gasteiger charge is -2.28. The van der Waals surface area contributed by atoms with Crippen molar-refractivity contribution >= 4 is 11.8 Å². The van der Waals surface area contributed by atoms with Gasteiger partial charge in [-0.25, -0.2) is 0 Å². The van der Waals surface area contributed by atoms with Crippen molar-refractivity contribution in [3.8, 4) is 5.75 Å². The van der Waals surface area contributed by atoms with Crippen LogP contribution in [0.25, 0.3) is 0 Å². The topological polar surface area (TPSA) is 12.5 Å². The number of thioether (sulfide) groups is 1. The lowest BCUT2D eigenvalue weighted by atomic mass is 10.2. The minimum absolute atomic E-state index is 0.0609. The van der Waals surface area contributed by atoms with E-state index in [1.165, 1.54) is 12.1 Å². The van der Waals surface area contributed by atoms with E-state index in [2.05, 4.69) is 11.8 Å². The molecule has 118 valence electrons. The second-order valence-corrected chi connectivity index (χ2v) is 6.32. The normalized spacial score (nSPS) is 17.9. The van der Waals surface area contributed by atoms with Crippen molar-refractivity contribution in [1.82, 2.24) is 4.90 Å². The van der Waals surface area contributed by atoms with Gasteiger partial charge < -0.3 is 4.74 Å². The van der Waals surface area contributed by atoms with Crippen molar-refractivity contribution in [2.24, 2.45) is 0 Å². The standard InChI is InChI=1S/C15H20F3NOS/c1-2-21-11-14(19-9-3-4-10-19)20-13-7-5-12(6-8-13)15(16,17)18/h5-8,14H,2-4,9-11H2,1H3/t14-/m1/s1. The first kappa shape index (κ1) is 16.5. The summed E-state index contributed by atoms with van der Waals surface area (Å²) < 4.78 is 43.5. The van der Waals surface area contributed by atoms with Crippen LogP contribution in [0.4, 0.5) is 13.2 Å². The zero-order chi connectivity index (χ0) is 15.3. The molecule has 0 radical (unpaired) electrons. The molecule has 1 aliphatic rings. The molecule has 1 aromatic carbocycles. The average molecular weight is 319 g/mol. The Hall–Kier alpha value is -0.880. The Bertz CT molecular complexity index is 430. The molecule has 2 nitrogen and oxygen atoms in total. The van der Waals surface area contributed by atoms with Crippen molar-refractivity contribution in [2.75, 3.05) is 24.6 Å². The van der Waals surface area contributed by atoms with Crippen LogP contribution in [0.15, 0.2) is 24.3 Å². The lowest BCUT2D eigenvalue weighted by Crippen LogP contribution is -2.39. The van der Waals surface area contributed by atoms with E-state index < -0.39 is 11.7 Å². The van der Waals surface area contributed by atoms with E-state index in [9.17, 15) is 13.2 Å². The van der Waals surface area contributed by atoms with Gasteiger partial charge in [-0.05, 0) is 42.9 Å². The van der Waals surface area contributed by atoms with Gasteiger partial charge in [0.2, 0.25) is 0 Å². The van der Waals surface area contributed by atoms with E-state index in [1.807, 2.05) is 0 Å². The predicted molar refractivity (Wildman–Crippen MR) is 79.7 cm³/mol. The first-order chi connectivity index (χ1) is 10.0. The summed E-state index contributed by atoms with van der Waals surface area (Å²) in [6, 6.07) is 4.96. The third-order valence-electron chi connectivity index (χ3n) is 3.47. The molecule has 1 saturated heterocycles. The fraction of sp³-hybridized carbons (Fsp3) is 0.600. The Labute approximate surface area is 127 Å². The zero-order valence-corrected chi connectivity index (χ0v) is 12.8. The van der Waals surface area contributed by atoms with Crippen LogP contribution < -0.4 is 4.74 Å². The van der Waals surface area contributed by atoms with Gasteiger partial charge in [-0.2, -0.15) is 24.9 Å². The largest absolute Gasteiger partial charge is 0.474 e. The highest BCUT2D eigenvalue weighted by Crippen LogP contribution is 2.30. The van der Waals surface area contributed by atoms with Gasteiger partial charge >= 0.3 is 6.18 Å². The molecule has 1 aromatic rings. The maximum absolute atomic E-state index is 12.5. The predicted octanol–water partition coefficient (Wildman–Crippen LogP) is 4.26. The minimum atomic E-state index is -4.30. The number of ether oxygens (including phenoxy) is 1. The molecule has 0 amide bonds. The molecule has 0 bridgehead atoms. The molecule has 0 spiro atoms. The van der Waals surface area contributed by atoms with Gasteiger partial charge in [0, 0.05) is 18.8 Å². The van der Waals surface area contributed by atoms with Crippen LogP contribution in [0.2, 0.25) is 0 Å². The van der Waals surface area contributed by atoms with E-state index in [1.54, 1.807) is 11.8 Å². The number of alkyl halides is 3. The Morgan fingerprint density at radius 2 is 1.81 bits per heavy atom. The van der Waals surface area contributed by atoms with Crippen LogP contribution in [0, 0.1) is 0 Å². The Balaban J connectivity index is 2.01. The fourth-order valence-electron chi connectivity index (χ4n) is 2.34. The molecule has 1 fully saturated rings. The molecule has 1 heterocycles. The number of halogens is 3. The Morgan fingerprint density at radius 1 is 1.19 bits per heavy atom. The van der Waals surface area contributed by atoms with E-state index >= 15 is 0 Å². The third kappa shape index (κ3) is 4.81. The van der Waals surface area contributed by atoms with E-state index in [4.69, 9.17) is 4.74 Å². The number of hydrogen-bond donors (Lipinski definition) is 0. The van der Waals surface area contributed by atoms with Gasteiger partial charge in [-0.1, -0.05) is 6.92 Å². The molecular weight excluding hydrogens is 299 g/mol. The first-order valence-electron chi connectivity index (χ1n) is 7.16. The van der Waals surface area contributed by atoms with Crippen molar-refractivity contribution in [1.29, 1.82) is 0 Å². The summed E-state index contributed by atoms with van der Waals surface area (Å²) in [4.78, 5) is 2.26. The SMILES string of the molecule is CCSC[C@@H](Oc1ccc(C(F)(F)F)cc1)N1CCCC1. The highest BCUT2D eigenvalue weighted by atomic mass is 32.2. The molecule has 6 heteroatoms. The molecule has 0 aromatic heterocycles. The highest BCUT2D eigenvalue weighted by molar-refractivity contribution is 7.99. The molecule has 0 unspecified atom stereocenters. The molecular formula is C15H20F3NOS.